The quantitative estimate of drug-likeness (QED) is 0.649. The minimum Gasteiger partial charge on any atom is -0.305 e. The van der Waals surface area contributed by atoms with Gasteiger partial charge in [0.2, 0.25) is 11.1 Å². The second kappa shape index (κ2) is 8.36. The summed E-state index contributed by atoms with van der Waals surface area (Å²) in [5.41, 5.74) is 0.339. The van der Waals surface area contributed by atoms with Crippen molar-refractivity contribution in [3.8, 4) is 5.69 Å². The van der Waals surface area contributed by atoms with Gasteiger partial charge >= 0.3 is 6.03 Å². The Balaban J connectivity index is 1.56. The summed E-state index contributed by atoms with van der Waals surface area (Å²) in [4.78, 5) is 23.7. The molecule has 0 aliphatic carbocycles. The molecule has 11 heteroatoms. The first-order valence-electron chi connectivity index (χ1n) is 7.55. The highest BCUT2D eigenvalue weighted by molar-refractivity contribution is 7.99. The Hall–Kier alpha value is -3.34. The summed E-state index contributed by atoms with van der Waals surface area (Å²) in [5.74, 6) is -1.90. The van der Waals surface area contributed by atoms with Crippen LogP contribution in [0, 0.1) is 11.6 Å². The highest BCUT2D eigenvalue weighted by atomic mass is 32.2. The zero-order valence-corrected chi connectivity index (χ0v) is 14.4. The van der Waals surface area contributed by atoms with Crippen LogP contribution in [-0.2, 0) is 4.79 Å². The average Bonchev–Trinajstić information content (AvgIpc) is 3.10. The van der Waals surface area contributed by atoms with E-state index in [9.17, 15) is 18.4 Å². The Kier molecular flexibility index (Phi) is 5.71. The number of rotatable bonds is 5. The van der Waals surface area contributed by atoms with Gasteiger partial charge in [-0.05, 0) is 40.8 Å². The molecule has 0 unspecified atom stereocenters. The molecule has 3 rings (SSSR count). The van der Waals surface area contributed by atoms with E-state index in [1.165, 1.54) is 41.1 Å². The molecular formula is C16H12F2N6O2S. The number of amides is 3. The van der Waals surface area contributed by atoms with Crippen molar-refractivity contribution in [2.24, 2.45) is 0 Å². The molecule has 27 heavy (non-hydrogen) atoms. The zero-order chi connectivity index (χ0) is 19.2. The van der Waals surface area contributed by atoms with E-state index in [2.05, 4.69) is 26.2 Å². The maximum Gasteiger partial charge on any atom is 0.325 e. The summed E-state index contributed by atoms with van der Waals surface area (Å²) in [6, 6.07) is 10.3. The number of nitrogens with zero attached hydrogens (tertiary/aromatic N) is 4. The molecule has 0 atom stereocenters. The molecule has 138 valence electrons. The molecule has 0 saturated heterocycles. The fraction of sp³-hybridized carbons (Fsp3) is 0.0625. The number of thioether (sulfide) groups is 1. The number of carbonyl (C=O) groups excluding carboxylic acids is 2. The Labute approximate surface area is 156 Å². The molecule has 2 aromatic carbocycles. The fourth-order valence-electron chi connectivity index (χ4n) is 2.05. The zero-order valence-electron chi connectivity index (χ0n) is 13.6. The van der Waals surface area contributed by atoms with Crippen molar-refractivity contribution in [2.75, 3.05) is 11.1 Å². The van der Waals surface area contributed by atoms with Gasteiger partial charge < -0.3 is 5.32 Å². The van der Waals surface area contributed by atoms with Crippen molar-refractivity contribution in [3.63, 3.8) is 0 Å². The summed E-state index contributed by atoms with van der Waals surface area (Å²) >= 11 is 0.952. The number of imide groups is 1. The molecule has 0 fully saturated rings. The molecule has 8 nitrogen and oxygen atoms in total. The molecule has 1 heterocycles. The van der Waals surface area contributed by atoms with Gasteiger partial charge in [0.1, 0.15) is 11.6 Å². The first kappa shape index (κ1) is 18.5. The molecule has 0 saturated carbocycles. The Morgan fingerprint density at radius 3 is 2.70 bits per heavy atom. The van der Waals surface area contributed by atoms with Crippen molar-refractivity contribution < 1.29 is 18.4 Å². The number of nitrogens with one attached hydrogen (secondary N) is 2. The van der Waals surface area contributed by atoms with Crippen LogP contribution in [0.15, 0.2) is 53.7 Å². The van der Waals surface area contributed by atoms with Crippen LogP contribution in [0.2, 0.25) is 0 Å². The lowest BCUT2D eigenvalue weighted by molar-refractivity contribution is -0.117. The predicted molar refractivity (Wildman–Crippen MR) is 93.4 cm³/mol. The third-order valence-electron chi connectivity index (χ3n) is 3.20. The molecular weight excluding hydrogens is 378 g/mol. The largest absolute Gasteiger partial charge is 0.325 e. The second-order valence-electron chi connectivity index (χ2n) is 5.12. The van der Waals surface area contributed by atoms with E-state index in [0.29, 0.717) is 5.69 Å². The van der Waals surface area contributed by atoms with Crippen molar-refractivity contribution in [2.45, 2.75) is 5.16 Å². The van der Waals surface area contributed by atoms with Crippen LogP contribution >= 0.6 is 11.8 Å². The maximum atomic E-state index is 13.5. The fourth-order valence-corrected chi connectivity index (χ4v) is 2.74. The summed E-state index contributed by atoms with van der Waals surface area (Å²) in [6.07, 6.45) is 0. The highest BCUT2D eigenvalue weighted by Gasteiger charge is 2.14. The van der Waals surface area contributed by atoms with Crippen molar-refractivity contribution in [1.29, 1.82) is 0 Å². The molecule has 3 amide bonds. The number of aromatic nitrogens is 4. The molecule has 0 bridgehead atoms. The molecule has 0 spiro atoms. The summed E-state index contributed by atoms with van der Waals surface area (Å²) in [5, 5.41) is 15.6. The van der Waals surface area contributed by atoms with Crippen LogP contribution in [0.3, 0.4) is 0 Å². The Morgan fingerprint density at radius 2 is 1.93 bits per heavy atom. The van der Waals surface area contributed by atoms with Gasteiger partial charge in [-0.1, -0.05) is 30.0 Å². The standard InChI is InChI=1S/C16H12F2N6O2S/c17-10-4-3-5-11(8-10)24-16(21-22-23-24)27-9-14(25)20-15(26)19-13-7-2-1-6-12(13)18/h1-8H,9H2,(H2,19,20,25,26). The number of hydrogen-bond acceptors (Lipinski definition) is 6. The van der Waals surface area contributed by atoms with Gasteiger partial charge in [0, 0.05) is 0 Å². The topological polar surface area (TPSA) is 102 Å². The lowest BCUT2D eigenvalue weighted by Gasteiger charge is -2.07. The van der Waals surface area contributed by atoms with Crippen LogP contribution in [0.4, 0.5) is 19.3 Å². The summed E-state index contributed by atoms with van der Waals surface area (Å²) in [6.45, 7) is 0. The molecule has 0 aliphatic heterocycles. The normalized spacial score (nSPS) is 10.4. The second-order valence-corrected chi connectivity index (χ2v) is 6.07. The van der Waals surface area contributed by atoms with Gasteiger partial charge in [0.05, 0.1) is 17.1 Å². The smallest absolute Gasteiger partial charge is 0.305 e. The predicted octanol–water partition coefficient (Wildman–Crippen LogP) is 2.38. The van der Waals surface area contributed by atoms with Gasteiger partial charge in [-0.15, -0.1) is 5.10 Å². The van der Waals surface area contributed by atoms with E-state index in [4.69, 9.17) is 0 Å². The van der Waals surface area contributed by atoms with E-state index in [1.807, 2.05) is 0 Å². The third kappa shape index (κ3) is 4.85. The maximum absolute atomic E-state index is 13.5. The van der Waals surface area contributed by atoms with Gasteiger partial charge in [0.15, 0.2) is 0 Å². The average molecular weight is 390 g/mol. The first-order valence-corrected chi connectivity index (χ1v) is 8.54. The highest BCUT2D eigenvalue weighted by Crippen LogP contribution is 2.18. The van der Waals surface area contributed by atoms with Crippen LogP contribution in [-0.4, -0.2) is 37.9 Å². The van der Waals surface area contributed by atoms with Crippen LogP contribution in [0.5, 0.6) is 0 Å². The van der Waals surface area contributed by atoms with Crippen molar-refractivity contribution in [3.05, 3.63) is 60.2 Å². The number of carbonyl (C=O) groups is 2. The van der Waals surface area contributed by atoms with Crippen LogP contribution < -0.4 is 10.6 Å². The minimum absolute atomic E-state index is 0.0505. The summed E-state index contributed by atoms with van der Waals surface area (Å²) in [7, 11) is 0. The lowest BCUT2D eigenvalue weighted by Crippen LogP contribution is -2.35. The van der Waals surface area contributed by atoms with Crippen LogP contribution in [0.1, 0.15) is 0 Å². The first-order chi connectivity index (χ1) is 13.0. The number of tetrazole rings is 1. The number of benzene rings is 2. The van der Waals surface area contributed by atoms with E-state index in [1.54, 1.807) is 12.1 Å². The molecule has 2 N–H and O–H groups in total. The van der Waals surface area contributed by atoms with Crippen molar-refractivity contribution in [1.82, 2.24) is 25.5 Å². The van der Waals surface area contributed by atoms with Gasteiger partial charge in [-0.2, -0.15) is 4.68 Å². The Bertz CT molecular complexity index is 981. The minimum atomic E-state index is -0.865. The number of anilines is 1. The van der Waals surface area contributed by atoms with E-state index >= 15 is 0 Å². The SMILES string of the molecule is O=C(CSc1nnnn1-c1cccc(F)c1)NC(=O)Nc1ccccc1F. The van der Waals surface area contributed by atoms with Crippen LogP contribution in [0.25, 0.3) is 5.69 Å². The summed E-state index contributed by atoms with van der Waals surface area (Å²) < 4.78 is 28.1. The molecule has 0 aliphatic rings. The molecule has 0 radical (unpaired) electrons. The van der Waals surface area contributed by atoms with Gasteiger partial charge in [-0.3, -0.25) is 10.1 Å². The monoisotopic (exact) mass is 390 g/mol. The van der Waals surface area contributed by atoms with E-state index in [-0.39, 0.29) is 16.6 Å². The molecule has 1 aromatic heterocycles. The van der Waals surface area contributed by atoms with E-state index < -0.39 is 23.6 Å². The Morgan fingerprint density at radius 1 is 1.11 bits per heavy atom. The third-order valence-corrected chi connectivity index (χ3v) is 4.12. The number of urea groups is 1. The van der Waals surface area contributed by atoms with Gasteiger partial charge in [-0.25, -0.2) is 13.6 Å². The number of para-hydroxylation sites is 1. The number of hydrogen-bond donors (Lipinski definition) is 2. The number of halogens is 2. The lowest BCUT2D eigenvalue weighted by atomic mass is 10.3. The van der Waals surface area contributed by atoms with Gasteiger partial charge in [0.25, 0.3) is 0 Å². The molecule has 3 aromatic rings. The van der Waals surface area contributed by atoms with Crippen molar-refractivity contribution >= 4 is 29.4 Å². The van der Waals surface area contributed by atoms with E-state index in [0.717, 1.165) is 11.8 Å².